The van der Waals surface area contributed by atoms with Crippen LogP contribution in [-0.2, 0) is 0 Å². The summed E-state index contributed by atoms with van der Waals surface area (Å²) in [6.45, 7) is 2.15. The highest BCUT2D eigenvalue weighted by atomic mass is 16.2. The molecule has 86 valence electrons. The lowest BCUT2D eigenvalue weighted by Crippen LogP contribution is -2.23. The first-order chi connectivity index (χ1) is 7.50. The Morgan fingerprint density at radius 2 is 2.06 bits per heavy atom. The summed E-state index contributed by atoms with van der Waals surface area (Å²) in [5.41, 5.74) is 0.554. The molecule has 1 fully saturated rings. The summed E-state index contributed by atoms with van der Waals surface area (Å²) in [6.07, 6.45) is 2.32. The predicted octanol–water partition coefficient (Wildman–Crippen LogP) is 1.14. The Morgan fingerprint density at radius 3 is 2.50 bits per heavy atom. The second-order valence-electron chi connectivity index (χ2n) is 4.69. The number of rotatable bonds is 3. The van der Waals surface area contributed by atoms with E-state index in [-0.39, 0.29) is 11.4 Å². The monoisotopic (exact) mass is 220 g/mol. The molecule has 0 radical (unpaired) electrons. The van der Waals surface area contributed by atoms with Crippen molar-refractivity contribution in [1.29, 1.82) is 0 Å². The Morgan fingerprint density at radius 1 is 1.38 bits per heavy atom. The van der Waals surface area contributed by atoms with Crippen molar-refractivity contribution in [1.82, 2.24) is 15.1 Å². The van der Waals surface area contributed by atoms with E-state index in [0.717, 1.165) is 18.7 Å². The Kier molecular flexibility index (Phi) is 2.53. The van der Waals surface area contributed by atoms with Gasteiger partial charge < -0.3 is 10.2 Å². The summed E-state index contributed by atoms with van der Waals surface area (Å²) in [7, 11) is 3.39. The zero-order valence-corrected chi connectivity index (χ0v) is 9.82. The highest BCUT2D eigenvalue weighted by Crippen LogP contribution is 2.37. The summed E-state index contributed by atoms with van der Waals surface area (Å²) in [6, 6.07) is 3.50. The fourth-order valence-corrected chi connectivity index (χ4v) is 1.36. The molecule has 1 aliphatic carbocycles. The van der Waals surface area contributed by atoms with Crippen molar-refractivity contribution in [2.45, 2.75) is 25.3 Å². The highest BCUT2D eigenvalue weighted by Gasteiger charge is 2.37. The molecule has 0 aliphatic heterocycles. The van der Waals surface area contributed by atoms with Gasteiger partial charge in [-0.15, -0.1) is 10.2 Å². The lowest BCUT2D eigenvalue weighted by atomic mass is 10.3. The minimum Gasteiger partial charge on any atom is -0.363 e. The first-order valence-corrected chi connectivity index (χ1v) is 5.34. The van der Waals surface area contributed by atoms with E-state index in [9.17, 15) is 4.79 Å². The van der Waals surface area contributed by atoms with E-state index in [1.54, 1.807) is 26.2 Å². The van der Waals surface area contributed by atoms with Crippen molar-refractivity contribution in [3.8, 4) is 0 Å². The van der Waals surface area contributed by atoms with E-state index in [2.05, 4.69) is 22.4 Å². The van der Waals surface area contributed by atoms with Crippen molar-refractivity contribution in [2.24, 2.45) is 0 Å². The Labute approximate surface area is 94.9 Å². The summed E-state index contributed by atoms with van der Waals surface area (Å²) in [4.78, 5) is 13.0. The quantitative estimate of drug-likeness (QED) is 0.830. The third-order valence-corrected chi connectivity index (χ3v) is 2.72. The SMILES string of the molecule is CN(C)C(=O)c1ccc(NC2(C)CC2)nn1. The molecule has 0 bridgehead atoms. The van der Waals surface area contributed by atoms with E-state index in [4.69, 9.17) is 0 Å². The Hall–Kier alpha value is -1.65. The molecule has 0 aromatic carbocycles. The standard InChI is InChI=1S/C11H16N4O/c1-11(6-7-11)12-9-5-4-8(13-14-9)10(16)15(2)3/h4-5H,6-7H2,1-3H3,(H,12,14). The van der Waals surface area contributed by atoms with Crippen molar-refractivity contribution in [3.63, 3.8) is 0 Å². The number of amides is 1. The molecular weight excluding hydrogens is 204 g/mol. The van der Waals surface area contributed by atoms with Gasteiger partial charge in [0, 0.05) is 19.6 Å². The van der Waals surface area contributed by atoms with Crippen LogP contribution in [0.3, 0.4) is 0 Å². The van der Waals surface area contributed by atoms with Crippen molar-refractivity contribution in [3.05, 3.63) is 17.8 Å². The molecule has 0 saturated heterocycles. The first-order valence-electron chi connectivity index (χ1n) is 5.34. The lowest BCUT2D eigenvalue weighted by molar-refractivity contribution is 0.0821. The van der Waals surface area contributed by atoms with Crippen LogP contribution in [0.1, 0.15) is 30.3 Å². The third kappa shape index (κ3) is 2.29. The van der Waals surface area contributed by atoms with Crippen LogP contribution in [0.15, 0.2) is 12.1 Å². The Balaban J connectivity index is 2.07. The number of nitrogens with zero attached hydrogens (tertiary/aromatic N) is 3. The number of hydrogen-bond donors (Lipinski definition) is 1. The molecule has 1 saturated carbocycles. The molecule has 5 heteroatoms. The highest BCUT2D eigenvalue weighted by molar-refractivity contribution is 5.91. The maximum absolute atomic E-state index is 11.6. The molecular formula is C11H16N4O. The molecule has 1 amide bonds. The molecule has 1 heterocycles. The van der Waals surface area contributed by atoms with Gasteiger partial charge in [-0.2, -0.15) is 0 Å². The molecule has 1 N–H and O–H groups in total. The van der Waals surface area contributed by atoms with E-state index in [1.807, 2.05) is 0 Å². The predicted molar refractivity (Wildman–Crippen MR) is 61.3 cm³/mol. The smallest absolute Gasteiger partial charge is 0.273 e. The molecule has 5 nitrogen and oxygen atoms in total. The van der Waals surface area contributed by atoms with Gasteiger partial charge in [0.2, 0.25) is 0 Å². The van der Waals surface area contributed by atoms with Crippen LogP contribution in [-0.4, -0.2) is 40.6 Å². The van der Waals surface area contributed by atoms with Gasteiger partial charge in [0.1, 0.15) is 5.82 Å². The lowest BCUT2D eigenvalue weighted by Gasteiger charge is -2.12. The van der Waals surface area contributed by atoms with Crippen LogP contribution in [0.4, 0.5) is 5.82 Å². The van der Waals surface area contributed by atoms with Gasteiger partial charge in [-0.3, -0.25) is 4.79 Å². The number of carbonyl (C=O) groups excluding carboxylic acids is 1. The van der Waals surface area contributed by atoms with Crippen LogP contribution in [0.5, 0.6) is 0 Å². The van der Waals surface area contributed by atoms with Gasteiger partial charge >= 0.3 is 0 Å². The van der Waals surface area contributed by atoms with Crippen molar-refractivity contribution < 1.29 is 4.79 Å². The first kappa shape index (κ1) is 10.9. The van der Waals surface area contributed by atoms with Crippen LogP contribution in [0, 0.1) is 0 Å². The van der Waals surface area contributed by atoms with Crippen LogP contribution in [0.25, 0.3) is 0 Å². The summed E-state index contributed by atoms with van der Waals surface area (Å²) in [5, 5.41) is 11.2. The van der Waals surface area contributed by atoms with Gasteiger partial charge in [-0.1, -0.05) is 0 Å². The minimum atomic E-state index is -0.128. The normalized spacial score (nSPS) is 16.7. The van der Waals surface area contributed by atoms with Gasteiger partial charge in [0.15, 0.2) is 5.69 Å². The molecule has 0 atom stereocenters. The number of aromatic nitrogens is 2. The average Bonchev–Trinajstić information content (AvgIpc) is 2.96. The number of hydrogen-bond acceptors (Lipinski definition) is 4. The Bertz CT molecular complexity index is 395. The molecule has 1 aliphatic rings. The topological polar surface area (TPSA) is 58.1 Å². The minimum absolute atomic E-state index is 0.128. The maximum Gasteiger partial charge on any atom is 0.273 e. The summed E-state index contributed by atoms with van der Waals surface area (Å²) < 4.78 is 0. The van der Waals surface area contributed by atoms with Gasteiger partial charge in [0.05, 0.1) is 0 Å². The molecule has 2 rings (SSSR count). The van der Waals surface area contributed by atoms with Gasteiger partial charge in [-0.05, 0) is 31.9 Å². The maximum atomic E-state index is 11.6. The second-order valence-corrected chi connectivity index (χ2v) is 4.69. The zero-order chi connectivity index (χ0) is 11.8. The van der Waals surface area contributed by atoms with E-state index in [1.165, 1.54) is 4.90 Å². The molecule has 16 heavy (non-hydrogen) atoms. The van der Waals surface area contributed by atoms with E-state index >= 15 is 0 Å². The van der Waals surface area contributed by atoms with E-state index in [0.29, 0.717) is 5.69 Å². The molecule has 0 spiro atoms. The van der Waals surface area contributed by atoms with Gasteiger partial charge in [-0.25, -0.2) is 0 Å². The number of anilines is 1. The van der Waals surface area contributed by atoms with Crippen molar-refractivity contribution >= 4 is 11.7 Å². The molecule has 1 aromatic heterocycles. The summed E-state index contributed by atoms with van der Waals surface area (Å²) >= 11 is 0. The third-order valence-electron chi connectivity index (χ3n) is 2.72. The van der Waals surface area contributed by atoms with Crippen LogP contribution in [0.2, 0.25) is 0 Å². The fraction of sp³-hybridized carbons (Fsp3) is 0.545. The van der Waals surface area contributed by atoms with Crippen LogP contribution < -0.4 is 5.32 Å². The average molecular weight is 220 g/mol. The number of carbonyl (C=O) groups is 1. The molecule has 0 unspecified atom stereocenters. The molecule has 1 aromatic rings. The largest absolute Gasteiger partial charge is 0.363 e. The van der Waals surface area contributed by atoms with Crippen molar-refractivity contribution in [2.75, 3.05) is 19.4 Å². The number of nitrogens with one attached hydrogen (secondary N) is 1. The van der Waals surface area contributed by atoms with Gasteiger partial charge in [0.25, 0.3) is 5.91 Å². The summed E-state index contributed by atoms with van der Waals surface area (Å²) in [5.74, 6) is 0.604. The zero-order valence-electron chi connectivity index (χ0n) is 9.82. The van der Waals surface area contributed by atoms with Crippen LogP contribution >= 0.6 is 0 Å². The van der Waals surface area contributed by atoms with E-state index < -0.39 is 0 Å². The second kappa shape index (κ2) is 3.73. The fourth-order valence-electron chi connectivity index (χ4n) is 1.36.